The molecular weight excluding hydrogens is 340 g/mol. The lowest BCUT2D eigenvalue weighted by molar-refractivity contribution is -0.0730. The predicted molar refractivity (Wildman–Crippen MR) is 102 cm³/mol. The summed E-state index contributed by atoms with van der Waals surface area (Å²) in [6.45, 7) is 6.37. The molecule has 1 aliphatic carbocycles. The van der Waals surface area contributed by atoms with E-state index in [4.69, 9.17) is 9.47 Å². The summed E-state index contributed by atoms with van der Waals surface area (Å²) < 4.78 is 12.7. The third-order valence-corrected chi connectivity index (χ3v) is 6.63. The maximum Gasteiger partial charge on any atom is 0.200 e. The second-order valence-corrected chi connectivity index (χ2v) is 8.92. The molecule has 3 unspecified atom stereocenters. The van der Waals surface area contributed by atoms with Crippen molar-refractivity contribution in [2.75, 3.05) is 0 Å². The van der Waals surface area contributed by atoms with Crippen molar-refractivity contribution in [3.63, 3.8) is 0 Å². The highest BCUT2D eigenvalue weighted by Gasteiger charge is 2.55. The lowest BCUT2D eigenvalue weighted by Gasteiger charge is -2.55. The molecule has 3 aliphatic rings. The molecule has 0 saturated heterocycles. The topological polar surface area (TPSA) is 55.8 Å². The van der Waals surface area contributed by atoms with Gasteiger partial charge in [-0.25, -0.2) is 0 Å². The lowest BCUT2D eigenvalue weighted by Crippen LogP contribution is -2.54. The van der Waals surface area contributed by atoms with Crippen molar-refractivity contribution < 1.29 is 19.4 Å². The second kappa shape index (κ2) is 5.28. The molecule has 1 saturated carbocycles. The van der Waals surface area contributed by atoms with Crippen LogP contribution in [0.25, 0.3) is 0 Å². The first-order chi connectivity index (χ1) is 12.8. The number of hydrogen-bond donors (Lipinski definition) is 1. The summed E-state index contributed by atoms with van der Waals surface area (Å²) in [4.78, 5) is 13.2. The molecule has 2 aliphatic heterocycles. The number of rotatable bonds is 2. The van der Waals surface area contributed by atoms with Crippen molar-refractivity contribution in [1.29, 1.82) is 0 Å². The molecule has 2 bridgehead atoms. The van der Waals surface area contributed by atoms with Gasteiger partial charge in [0, 0.05) is 29.0 Å². The summed E-state index contributed by atoms with van der Waals surface area (Å²) in [5, 5.41) is 10.8. The average Bonchev–Trinajstić information content (AvgIpc) is 2.60. The number of phenolic OH excluding ortho intramolecular Hbond substituents is 1. The molecule has 0 spiro atoms. The van der Waals surface area contributed by atoms with Crippen molar-refractivity contribution >= 4 is 5.78 Å². The molecule has 1 fully saturated rings. The molecule has 1 N–H and O–H groups in total. The summed E-state index contributed by atoms with van der Waals surface area (Å²) >= 11 is 0. The van der Waals surface area contributed by atoms with Crippen molar-refractivity contribution in [2.24, 2.45) is 5.92 Å². The Kier molecular flexibility index (Phi) is 3.26. The standard InChI is InChI=1S/C23H24O4/c1-22(2)15-9-10-23(3)12-14(15)18-17(26-22)11-16(24)19(21(18)27-23)20(25)13-7-5-4-6-8-13/h4-8,11,14-15,24H,9-10,12H2,1-3H3. The minimum Gasteiger partial charge on any atom is -0.507 e. The quantitative estimate of drug-likeness (QED) is 0.776. The summed E-state index contributed by atoms with van der Waals surface area (Å²) in [5.74, 6) is 1.56. The normalized spacial score (nSPS) is 29.4. The van der Waals surface area contributed by atoms with E-state index in [0.29, 0.717) is 23.0 Å². The molecule has 2 aromatic carbocycles. The van der Waals surface area contributed by atoms with Crippen LogP contribution in [0.3, 0.4) is 0 Å². The van der Waals surface area contributed by atoms with Crippen LogP contribution in [0, 0.1) is 5.92 Å². The van der Waals surface area contributed by atoms with E-state index >= 15 is 0 Å². The Hall–Kier alpha value is -2.49. The highest BCUT2D eigenvalue weighted by Crippen LogP contribution is 2.62. The van der Waals surface area contributed by atoms with Gasteiger partial charge >= 0.3 is 0 Å². The van der Waals surface area contributed by atoms with Crippen molar-refractivity contribution in [2.45, 2.75) is 57.2 Å². The fourth-order valence-corrected chi connectivity index (χ4v) is 5.34. The molecule has 140 valence electrons. The molecule has 3 atom stereocenters. The zero-order chi connectivity index (χ0) is 19.0. The number of ether oxygens (including phenoxy) is 2. The van der Waals surface area contributed by atoms with Crippen LogP contribution in [0.1, 0.15) is 67.4 Å². The van der Waals surface area contributed by atoms with Gasteiger partial charge in [0.25, 0.3) is 0 Å². The summed E-state index contributed by atoms with van der Waals surface area (Å²) in [6.07, 6.45) is 2.88. The third-order valence-electron chi connectivity index (χ3n) is 6.63. The van der Waals surface area contributed by atoms with E-state index in [-0.39, 0.29) is 34.2 Å². The Morgan fingerprint density at radius 2 is 1.89 bits per heavy atom. The van der Waals surface area contributed by atoms with E-state index in [9.17, 15) is 9.90 Å². The third kappa shape index (κ3) is 2.32. The average molecular weight is 364 g/mol. The Balaban J connectivity index is 1.75. The van der Waals surface area contributed by atoms with E-state index in [1.165, 1.54) is 0 Å². The Morgan fingerprint density at radius 3 is 2.63 bits per heavy atom. The van der Waals surface area contributed by atoms with Crippen LogP contribution in [0.4, 0.5) is 0 Å². The Bertz CT molecular complexity index is 947. The van der Waals surface area contributed by atoms with Crippen LogP contribution in [0.5, 0.6) is 17.2 Å². The Labute approximate surface area is 159 Å². The van der Waals surface area contributed by atoms with Crippen LogP contribution < -0.4 is 9.47 Å². The molecule has 27 heavy (non-hydrogen) atoms. The number of ketones is 1. The zero-order valence-corrected chi connectivity index (χ0v) is 15.9. The zero-order valence-electron chi connectivity index (χ0n) is 15.9. The summed E-state index contributed by atoms with van der Waals surface area (Å²) in [6, 6.07) is 10.7. The number of hydrogen-bond acceptors (Lipinski definition) is 4. The van der Waals surface area contributed by atoms with Gasteiger partial charge in [-0.15, -0.1) is 0 Å². The largest absolute Gasteiger partial charge is 0.507 e. The number of aromatic hydroxyl groups is 1. The smallest absolute Gasteiger partial charge is 0.200 e. The van der Waals surface area contributed by atoms with Crippen LogP contribution in [-0.2, 0) is 0 Å². The van der Waals surface area contributed by atoms with Crippen LogP contribution >= 0.6 is 0 Å². The highest BCUT2D eigenvalue weighted by molar-refractivity contribution is 6.13. The predicted octanol–water partition coefficient (Wildman–Crippen LogP) is 4.83. The molecule has 5 rings (SSSR count). The van der Waals surface area contributed by atoms with Gasteiger partial charge < -0.3 is 14.6 Å². The molecule has 4 nitrogen and oxygen atoms in total. The molecule has 0 radical (unpaired) electrons. The first kappa shape index (κ1) is 16.7. The van der Waals surface area contributed by atoms with Gasteiger partial charge in [-0.3, -0.25) is 4.79 Å². The maximum atomic E-state index is 13.2. The highest BCUT2D eigenvalue weighted by atomic mass is 16.5. The first-order valence-electron chi connectivity index (χ1n) is 9.67. The molecule has 4 heteroatoms. The van der Waals surface area contributed by atoms with Gasteiger partial charge in [0.15, 0.2) is 0 Å². The number of fused-ring (bicyclic) bond motifs is 1. The molecule has 0 aromatic heterocycles. The number of carbonyl (C=O) groups is 1. The van der Waals surface area contributed by atoms with E-state index in [2.05, 4.69) is 20.8 Å². The van der Waals surface area contributed by atoms with Crippen molar-refractivity contribution in [3.05, 3.63) is 53.1 Å². The van der Waals surface area contributed by atoms with E-state index < -0.39 is 0 Å². The SMILES string of the molecule is CC12CCC3C(C1)c1c(cc(O)c(C(=O)c4ccccc4)c1O2)OC3(C)C. The summed E-state index contributed by atoms with van der Waals surface area (Å²) in [7, 11) is 0. The summed E-state index contributed by atoms with van der Waals surface area (Å²) in [5.41, 5.74) is 1.17. The fourth-order valence-electron chi connectivity index (χ4n) is 5.34. The Morgan fingerprint density at radius 1 is 1.15 bits per heavy atom. The monoisotopic (exact) mass is 364 g/mol. The maximum absolute atomic E-state index is 13.2. The second-order valence-electron chi connectivity index (χ2n) is 8.92. The lowest BCUT2D eigenvalue weighted by atomic mass is 9.61. The number of carbonyl (C=O) groups excluding carboxylic acids is 1. The van der Waals surface area contributed by atoms with Crippen LogP contribution in [0.15, 0.2) is 36.4 Å². The van der Waals surface area contributed by atoms with Gasteiger partial charge in [-0.05, 0) is 40.0 Å². The van der Waals surface area contributed by atoms with Gasteiger partial charge in [0.05, 0.1) is 0 Å². The minimum atomic E-state index is -0.307. The number of phenols is 1. The first-order valence-corrected chi connectivity index (χ1v) is 9.67. The van der Waals surface area contributed by atoms with E-state index in [1.807, 2.05) is 18.2 Å². The van der Waals surface area contributed by atoms with Gasteiger partial charge in [-0.1, -0.05) is 30.3 Å². The van der Waals surface area contributed by atoms with Crippen LogP contribution in [-0.4, -0.2) is 22.1 Å². The molecule has 2 heterocycles. The van der Waals surface area contributed by atoms with Gasteiger partial charge in [0.1, 0.15) is 34.0 Å². The van der Waals surface area contributed by atoms with Crippen molar-refractivity contribution in [3.8, 4) is 17.2 Å². The number of benzene rings is 2. The minimum absolute atomic E-state index is 0.0737. The molecule has 0 amide bonds. The van der Waals surface area contributed by atoms with E-state index in [1.54, 1.807) is 18.2 Å². The fraction of sp³-hybridized carbons (Fsp3) is 0.435. The van der Waals surface area contributed by atoms with Gasteiger partial charge in [-0.2, -0.15) is 0 Å². The molecular formula is C23H24O4. The van der Waals surface area contributed by atoms with E-state index in [0.717, 1.165) is 24.8 Å². The van der Waals surface area contributed by atoms with Crippen LogP contribution in [0.2, 0.25) is 0 Å². The van der Waals surface area contributed by atoms with Gasteiger partial charge in [0.2, 0.25) is 5.78 Å². The van der Waals surface area contributed by atoms with Crippen molar-refractivity contribution in [1.82, 2.24) is 0 Å². The molecule has 2 aromatic rings.